The third-order valence-electron chi connectivity index (χ3n) is 1.76. The summed E-state index contributed by atoms with van der Waals surface area (Å²) in [6, 6.07) is 0. The Kier molecular flexibility index (Phi) is 13.0. The Hall–Kier alpha value is 2.96. The minimum atomic E-state index is 0.00955. The van der Waals surface area contributed by atoms with Gasteiger partial charge in [0.25, 0.3) is 0 Å². The maximum atomic E-state index is 5.89. The van der Waals surface area contributed by atoms with Crippen LogP contribution in [0.15, 0.2) is 0 Å². The molecule has 0 rings (SSSR count). The first-order valence-corrected chi connectivity index (χ1v) is 10.2. The van der Waals surface area contributed by atoms with Crippen molar-refractivity contribution < 1.29 is 4.74 Å². The first kappa shape index (κ1) is 18.0. The SMILES string of the molecule is ClCC(OC(CCl)C(Br)CI)C(Br)CI. The molecule has 0 bridgehead atoms. The van der Waals surface area contributed by atoms with E-state index in [2.05, 4.69) is 77.0 Å². The van der Waals surface area contributed by atoms with Gasteiger partial charge in [0.2, 0.25) is 0 Å². The van der Waals surface area contributed by atoms with Crippen molar-refractivity contribution in [2.75, 3.05) is 20.6 Å². The number of rotatable bonds is 8. The largest absolute Gasteiger partial charge is 0.370 e. The molecule has 7 heteroatoms. The molecule has 0 heterocycles. The summed E-state index contributed by atoms with van der Waals surface area (Å²) in [4.78, 5) is 0.547. The van der Waals surface area contributed by atoms with E-state index in [-0.39, 0.29) is 21.9 Å². The van der Waals surface area contributed by atoms with Crippen molar-refractivity contribution in [1.82, 2.24) is 0 Å². The van der Waals surface area contributed by atoms with Gasteiger partial charge in [0.1, 0.15) is 0 Å². The maximum absolute atomic E-state index is 5.89. The molecule has 0 saturated carbocycles. The van der Waals surface area contributed by atoms with Crippen LogP contribution < -0.4 is 0 Å². The summed E-state index contributed by atoms with van der Waals surface area (Å²) in [6.07, 6.45) is 0.0191. The molecule has 0 radical (unpaired) electrons. The summed E-state index contributed by atoms with van der Waals surface area (Å²) in [7, 11) is 0. The average molecular weight is 609 g/mol. The standard InChI is InChI=1S/C8H12Br2Cl2I2O/c9-5(3-13)7(1-11)15-8(2-12)6(10)4-14/h5-8H,1-4H2. The molecule has 0 saturated heterocycles. The van der Waals surface area contributed by atoms with Gasteiger partial charge in [-0.1, -0.05) is 77.0 Å². The van der Waals surface area contributed by atoms with Crippen LogP contribution in [0.3, 0.4) is 0 Å². The molecule has 92 valence electrons. The van der Waals surface area contributed by atoms with Crippen molar-refractivity contribution in [3.8, 4) is 0 Å². The highest BCUT2D eigenvalue weighted by atomic mass is 127. The number of ether oxygens (including phenoxy) is 1. The second-order valence-electron chi connectivity index (χ2n) is 2.86. The lowest BCUT2D eigenvalue weighted by molar-refractivity contribution is 0.0187. The van der Waals surface area contributed by atoms with Crippen LogP contribution in [-0.4, -0.2) is 42.5 Å². The predicted molar refractivity (Wildman–Crippen MR) is 93.3 cm³/mol. The van der Waals surface area contributed by atoms with E-state index in [9.17, 15) is 0 Å². The molecule has 0 aromatic rings. The van der Waals surface area contributed by atoms with Crippen LogP contribution in [0.4, 0.5) is 0 Å². The molecular formula is C8H12Br2Cl2I2O. The van der Waals surface area contributed by atoms with E-state index in [1.807, 2.05) is 0 Å². The van der Waals surface area contributed by atoms with Crippen LogP contribution in [0.5, 0.6) is 0 Å². The van der Waals surface area contributed by atoms with E-state index >= 15 is 0 Å². The lowest BCUT2D eigenvalue weighted by Gasteiger charge is -2.27. The van der Waals surface area contributed by atoms with Crippen molar-refractivity contribution in [2.45, 2.75) is 21.9 Å². The zero-order valence-electron chi connectivity index (χ0n) is 7.81. The minimum Gasteiger partial charge on any atom is -0.370 e. The van der Waals surface area contributed by atoms with Gasteiger partial charge in [-0.25, -0.2) is 0 Å². The summed E-state index contributed by atoms with van der Waals surface area (Å²) in [6.45, 7) is 0. The lowest BCUT2D eigenvalue weighted by Crippen LogP contribution is -2.37. The Balaban J connectivity index is 4.23. The average Bonchev–Trinajstić information content (AvgIpc) is 2.28. The monoisotopic (exact) mass is 606 g/mol. The third-order valence-corrected chi connectivity index (χ3v) is 8.51. The number of hydrogen-bond acceptors (Lipinski definition) is 1. The molecule has 0 aliphatic rings. The number of halogens is 6. The summed E-state index contributed by atoms with van der Waals surface area (Å²) in [5.74, 6) is 0.959. The van der Waals surface area contributed by atoms with Gasteiger partial charge in [-0.15, -0.1) is 23.2 Å². The van der Waals surface area contributed by atoms with Crippen molar-refractivity contribution in [2.24, 2.45) is 0 Å². The van der Waals surface area contributed by atoms with E-state index in [1.165, 1.54) is 0 Å². The Morgan fingerprint density at radius 3 is 1.47 bits per heavy atom. The molecule has 0 fully saturated rings. The van der Waals surface area contributed by atoms with E-state index in [1.54, 1.807) is 0 Å². The van der Waals surface area contributed by atoms with Crippen molar-refractivity contribution in [3.63, 3.8) is 0 Å². The molecule has 0 aromatic carbocycles. The lowest BCUT2D eigenvalue weighted by atomic mass is 10.2. The predicted octanol–water partition coefficient (Wildman–Crippen LogP) is 4.61. The topological polar surface area (TPSA) is 9.23 Å². The normalized spacial score (nSPS) is 19.6. The summed E-state index contributed by atoms with van der Waals surface area (Å²) in [5.41, 5.74) is 0. The second-order valence-corrected chi connectivity index (χ2v) is 7.59. The first-order chi connectivity index (χ1) is 7.10. The highest BCUT2D eigenvalue weighted by Crippen LogP contribution is 2.21. The number of hydrogen-bond donors (Lipinski definition) is 0. The fourth-order valence-corrected chi connectivity index (χ4v) is 3.62. The van der Waals surface area contributed by atoms with Gasteiger partial charge in [0.05, 0.1) is 21.9 Å². The molecule has 4 unspecified atom stereocenters. The van der Waals surface area contributed by atoms with E-state index in [0.29, 0.717) is 11.8 Å². The third kappa shape index (κ3) is 7.20. The summed E-state index contributed by atoms with van der Waals surface area (Å²) in [5, 5.41) is 0. The van der Waals surface area contributed by atoms with Crippen molar-refractivity contribution in [1.29, 1.82) is 0 Å². The Morgan fingerprint density at radius 2 is 1.27 bits per heavy atom. The molecule has 0 aliphatic heterocycles. The molecule has 1 nitrogen and oxygen atoms in total. The minimum absolute atomic E-state index is 0.00955. The smallest absolute Gasteiger partial charge is 0.0847 e. The van der Waals surface area contributed by atoms with Crippen molar-refractivity contribution in [3.05, 3.63) is 0 Å². The van der Waals surface area contributed by atoms with Gasteiger partial charge in [-0.2, -0.15) is 0 Å². The van der Waals surface area contributed by atoms with Gasteiger partial charge >= 0.3 is 0 Å². The molecule has 0 aromatic heterocycles. The zero-order chi connectivity index (χ0) is 11.8. The van der Waals surface area contributed by atoms with E-state index < -0.39 is 0 Å². The molecule has 4 atom stereocenters. The van der Waals surface area contributed by atoms with Gasteiger partial charge in [-0.05, 0) is 0 Å². The van der Waals surface area contributed by atoms with Crippen LogP contribution in [0.1, 0.15) is 0 Å². The molecule has 15 heavy (non-hydrogen) atoms. The van der Waals surface area contributed by atoms with Gasteiger partial charge in [-0.3, -0.25) is 0 Å². The number of alkyl halides is 6. The Labute approximate surface area is 145 Å². The van der Waals surface area contributed by atoms with Crippen LogP contribution >= 0.6 is 100 Å². The molecule has 0 spiro atoms. The molecule has 0 aliphatic carbocycles. The molecular weight excluding hydrogens is 597 g/mol. The van der Waals surface area contributed by atoms with Gasteiger partial charge in [0, 0.05) is 20.6 Å². The van der Waals surface area contributed by atoms with E-state index in [4.69, 9.17) is 27.9 Å². The molecule has 0 N–H and O–H groups in total. The fourth-order valence-electron chi connectivity index (χ4n) is 0.860. The van der Waals surface area contributed by atoms with Crippen LogP contribution in [-0.2, 0) is 4.74 Å². The van der Waals surface area contributed by atoms with Crippen LogP contribution in [0.25, 0.3) is 0 Å². The maximum Gasteiger partial charge on any atom is 0.0847 e. The Bertz CT molecular complexity index is 152. The highest BCUT2D eigenvalue weighted by Gasteiger charge is 2.25. The van der Waals surface area contributed by atoms with Gasteiger partial charge in [0.15, 0.2) is 0 Å². The zero-order valence-corrected chi connectivity index (χ0v) is 16.8. The Morgan fingerprint density at radius 1 is 0.933 bits per heavy atom. The first-order valence-electron chi connectivity index (χ1n) is 4.28. The quantitative estimate of drug-likeness (QED) is 0.289. The van der Waals surface area contributed by atoms with E-state index in [0.717, 1.165) is 8.86 Å². The summed E-state index contributed by atoms with van der Waals surface area (Å²) < 4.78 is 7.81. The highest BCUT2D eigenvalue weighted by molar-refractivity contribution is 14.1. The molecule has 0 amide bonds. The fraction of sp³-hybridized carbons (Fsp3) is 1.00. The van der Waals surface area contributed by atoms with Crippen molar-refractivity contribution >= 4 is 100 Å². The second kappa shape index (κ2) is 10.8. The van der Waals surface area contributed by atoms with Crippen LogP contribution in [0, 0.1) is 0 Å². The summed E-state index contributed by atoms with van der Waals surface area (Å²) >= 11 is 23.5. The van der Waals surface area contributed by atoms with Crippen LogP contribution in [0.2, 0.25) is 0 Å². The van der Waals surface area contributed by atoms with Gasteiger partial charge < -0.3 is 4.74 Å².